The lowest BCUT2D eigenvalue weighted by Gasteiger charge is -2.53. The monoisotopic (exact) mass is 400 g/mol. The number of fused-ring (bicyclic) bond motifs is 1. The van der Waals surface area contributed by atoms with Crippen molar-refractivity contribution in [1.82, 2.24) is 40.1 Å². The van der Waals surface area contributed by atoms with Gasteiger partial charge in [0, 0.05) is 31.5 Å². The number of amides is 2. The maximum atomic E-state index is 13.4. The lowest BCUT2D eigenvalue weighted by molar-refractivity contribution is -0.142. The number of imidazole rings is 1. The van der Waals surface area contributed by atoms with Gasteiger partial charge >= 0.3 is 0 Å². The highest BCUT2D eigenvalue weighted by molar-refractivity contribution is 5.94. The van der Waals surface area contributed by atoms with Crippen LogP contribution in [0.4, 0.5) is 0 Å². The molecular formula is C19H28N8O2. The molecule has 156 valence electrons. The number of piperidine rings is 2. The summed E-state index contributed by atoms with van der Waals surface area (Å²) >= 11 is 0. The number of hydrogen-bond donors (Lipinski definition) is 2. The minimum Gasteiger partial charge on any atom is -0.354 e. The predicted molar refractivity (Wildman–Crippen MR) is 105 cm³/mol. The summed E-state index contributed by atoms with van der Waals surface area (Å²) in [4.78, 5) is 37.9. The number of aryl methyl sites for hydroxylation is 1. The zero-order valence-corrected chi connectivity index (χ0v) is 17.0. The molecule has 4 heterocycles. The second-order valence-corrected chi connectivity index (χ2v) is 8.08. The number of carbonyl (C=O) groups excluding carboxylic acids is 2. The summed E-state index contributed by atoms with van der Waals surface area (Å²) < 4.78 is 1.70. The molecule has 2 aromatic heterocycles. The van der Waals surface area contributed by atoms with E-state index in [0.29, 0.717) is 31.9 Å². The van der Waals surface area contributed by atoms with Gasteiger partial charge in [-0.15, -0.1) is 5.10 Å². The van der Waals surface area contributed by atoms with Gasteiger partial charge in [0.1, 0.15) is 5.69 Å². The van der Waals surface area contributed by atoms with E-state index in [2.05, 4.69) is 30.5 Å². The summed E-state index contributed by atoms with van der Waals surface area (Å²) in [6.07, 6.45) is 7.29. The van der Waals surface area contributed by atoms with Crippen LogP contribution in [0.5, 0.6) is 0 Å². The van der Waals surface area contributed by atoms with Gasteiger partial charge in [0.2, 0.25) is 5.91 Å². The number of nitrogens with one attached hydrogen (secondary N) is 2. The fourth-order valence-corrected chi connectivity index (χ4v) is 4.67. The predicted octanol–water partition coefficient (Wildman–Crippen LogP) is 0.0525. The van der Waals surface area contributed by atoms with Crippen molar-refractivity contribution in [1.29, 1.82) is 0 Å². The van der Waals surface area contributed by atoms with Crippen molar-refractivity contribution in [3.63, 3.8) is 0 Å². The smallest absolute Gasteiger partial charge is 0.274 e. The van der Waals surface area contributed by atoms with Gasteiger partial charge in [0.25, 0.3) is 5.91 Å². The summed E-state index contributed by atoms with van der Waals surface area (Å²) in [7, 11) is 2.05. The number of likely N-dealkylation sites (N-methyl/N-ethyl adjacent to an activating group) is 1. The van der Waals surface area contributed by atoms with E-state index >= 15 is 0 Å². The van der Waals surface area contributed by atoms with Gasteiger partial charge < -0.3 is 20.1 Å². The maximum absolute atomic E-state index is 13.4. The minimum atomic E-state index is -0.563. The number of hydrogen-bond acceptors (Lipinski definition) is 6. The molecule has 0 spiro atoms. The molecule has 0 bridgehead atoms. The van der Waals surface area contributed by atoms with Crippen molar-refractivity contribution in [2.45, 2.75) is 38.8 Å². The van der Waals surface area contributed by atoms with Crippen molar-refractivity contribution >= 4 is 11.8 Å². The minimum absolute atomic E-state index is 0.0342. The van der Waals surface area contributed by atoms with E-state index in [9.17, 15) is 9.59 Å². The Morgan fingerprint density at radius 1 is 1.34 bits per heavy atom. The number of nitrogens with zero attached hydrogens (tertiary/aromatic N) is 6. The topological polar surface area (TPSA) is 112 Å². The highest BCUT2D eigenvalue weighted by Gasteiger charge is 2.53. The Morgan fingerprint density at radius 3 is 2.93 bits per heavy atom. The molecule has 2 aromatic rings. The van der Waals surface area contributed by atoms with Gasteiger partial charge in [-0.2, -0.15) is 0 Å². The Bertz CT molecular complexity index is 863. The first-order valence-electron chi connectivity index (χ1n) is 10.1. The Balaban J connectivity index is 1.53. The van der Waals surface area contributed by atoms with E-state index in [1.807, 2.05) is 18.9 Å². The summed E-state index contributed by atoms with van der Waals surface area (Å²) in [6, 6.07) is -0.162. The van der Waals surface area contributed by atoms with E-state index < -0.39 is 5.41 Å². The van der Waals surface area contributed by atoms with Crippen molar-refractivity contribution in [3.05, 3.63) is 30.1 Å². The highest BCUT2D eigenvalue weighted by Crippen LogP contribution is 2.43. The van der Waals surface area contributed by atoms with E-state index in [-0.39, 0.29) is 17.9 Å². The number of likely N-dealkylation sites (tertiary alicyclic amines) is 2. The standard InChI is InChI=1S/C19H28N8O2/c1-14-16(22-13-21-14)17(28)27-8-3-4-19(5-9-25(2)12-15(19)27)18(29)20-6-10-26-11-7-23-24-26/h7,11,13,15H,3-6,8-10,12H2,1-2H3,(H,20,29)(H,21,22)/t15-,19+/m0/s1. The molecule has 4 rings (SSSR count). The number of carbonyl (C=O) groups is 2. The van der Waals surface area contributed by atoms with Crippen LogP contribution in [0.25, 0.3) is 0 Å². The molecule has 2 fully saturated rings. The lowest BCUT2D eigenvalue weighted by Crippen LogP contribution is -2.66. The van der Waals surface area contributed by atoms with Gasteiger partial charge in [0.15, 0.2) is 0 Å². The Labute approximate surface area is 169 Å². The van der Waals surface area contributed by atoms with Crippen LogP contribution in [0.1, 0.15) is 35.4 Å². The average molecular weight is 400 g/mol. The quantitative estimate of drug-likeness (QED) is 0.734. The average Bonchev–Trinajstić information content (AvgIpc) is 3.38. The van der Waals surface area contributed by atoms with Crippen LogP contribution >= 0.6 is 0 Å². The number of rotatable bonds is 5. The third-order valence-corrected chi connectivity index (χ3v) is 6.30. The molecule has 10 nitrogen and oxygen atoms in total. The van der Waals surface area contributed by atoms with Crippen molar-refractivity contribution in [2.24, 2.45) is 5.41 Å². The molecule has 0 aromatic carbocycles. The SMILES string of the molecule is Cc1[nH]cnc1C(=O)N1CCC[C@@]2(C(=O)NCCn3ccnn3)CCN(C)C[C@H]12. The molecule has 29 heavy (non-hydrogen) atoms. The normalized spacial score (nSPS) is 24.9. The summed E-state index contributed by atoms with van der Waals surface area (Å²) in [5, 5.41) is 10.8. The summed E-state index contributed by atoms with van der Waals surface area (Å²) in [5.74, 6) is -0.0597. The van der Waals surface area contributed by atoms with Crippen LogP contribution in [0, 0.1) is 12.3 Å². The van der Waals surface area contributed by atoms with Crippen LogP contribution in [0.3, 0.4) is 0 Å². The second kappa shape index (κ2) is 7.94. The van der Waals surface area contributed by atoms with E-state index in [4.69, 9.17) is 0 Å². The van der Waals surface area contributed by atoms with Crippen molar-refractivity contribution in [3.8, 4) is 0 Å². The largest absolute Gasteiger partial charge is 0.354 e. The molecule has 0 saturated carbocycles. The molecule has 2 aliphatic rings. The Hall–Kier alpha value is -2.75. The first-order chi connectivity index (χ1) is 14.0. The molecule has 10 heteroatoms. The molecule has 2 saturated heterocycles. The van der Waals surface area contributed by atoms with E-state index in [1.165, 1.54) is 0 Å². The fourth-order valence-electron chi connectivity index (χ4n) is 4.67. The molecule has 2 amide bonds. The van der Waals surface area contributed by atoms with Gasteiger partial charge in [-0.1, -0.05) is 5.21 Å². The zero-order valence-electron chi connectivity index (χ0n) is 17.0. The Kier molecular flexibility index (Phi) is 5.35. The third-order valence-electron chi connectivity index (χ3n) is 6.30. The molecule has 0 aliphatic carbocycles. The van der Waals surface area contributed by atoms with Crippen LogP contribution < -0.4 is 5.32 Å². The molecule has 2 N–H and O–H groups in total. The molecule has 2 atom stereocenters. The summed E-state index contributed by atoms with van der Waals surface area (Å²) in [5.41, 5.74) is 0.640. The number of aromatic amines is 1. The summed E-state index contributed by atoms with van der Waals surface area (Å²) in [6.45, 7) is 5.08. The third kappa shape index (κ3) is 3.64. The lowest BCUT2D eigenvalue weighted by atomic mass is 9.67. The molecular weight excluding hydrogens is 372 g/mol. The van der Waals surface area contributed by atoms with Gasteiger partial charge in [0.05, 0.1) is 30.5 Å². The molecule has 0 unspecified atom stereocenters. The highest BCUT2D eigenvalue weighted by atomic mass is 16.2. The fraction of sp³-hybridized carbons (Fsp3) is 0.632. The van der Waals surface area contributed by atoms with Gasteiger partial charge in [-0.05, 0) is 39.8 Å². The van der Waals surface area contributed by atoms with Gasteiger partial charge in [-0.25, -0.2) is 4.98 Å². The first kappa shape index (κ1) is 19.6. The van der Waals surface area contributed by atoms with Gasteiger partial charge in [-0.3, -0.25) is 14.3 Å². The van der Waals surface area contributed by atoms with Crippen LogP contribution in [0.15, 0.2) is 18.7 Å². The van der Waals surface area contributed by atoms with E-state index in [0.717, 1.165) is 31.5 Å². The number of aromatic nitrogens is 5. The van der Waals surface area contributed by atoms with Crippen molar-refractivity contribution < 1.29 is 9.59 Å². The zero-order chi connectivity index (χ0) is 20.4. The molecule has 0 radical (unpaired) electrons. The molecule has 2 aliphatic heterocycles. The first-order valence-corrected chi connectivity index (χ1v) is 10.1. The second-order valence-electron chi connectivity index (χ2n) is 8.08. The number of H-pyrrole nitrogens is 1. The van der Waals surface area contributed by atoms with Crippen LogP contribution in [-0.2, 0) is 11.3 Å². The van der Waals surface area contributed by atoms with Crippen LogP contribution in [0.2, 0.25) is 0 Å². The maximum Gasteiger partial charge on any atom is 0.274 e. The van der Waals surface area contributed by atoms with Crippen molar-refractivity contribution in [2.75, 3.05) is 33.2 Å². The van der Waals surface area contributed by atoms with Crippen LogP contribution in [-0.4, -0.2) is 85.8 Å². The van der Waals surface area contributed by atoms with E-state index in [1.54, 1.807) is 23.4 Å². The Morgan fingerprint density at radius 2 is 2.21 bits per heavy atom.